The molecule has 1 aliphatic heterocycles. The highest BCUT2D eigenvalue weighted by molar-refractivity contribution is 5.56. The maximum Gasteiger partial charge on any atom is 0.276 e. The van der Waals surface area contributed by atoms with Crippen molar-refractivity contribution in [1.29, 1.82) is 0 Å². The first-order valence-corrected chi connectivity index (χ1v) is 6.47. The van der Waals surface area contributed by atoms with Crippen molar-refractivity contribution in [1.82, 2.24) is 9.88 Å². The molecule has 110 valence electrons. The number of nitrogens with one attached hydrogen (secondary N) is 1. The first-order valence-electron chi connectivity index (χ1n) is 6.47. The molecule has 0 bridgehead atoms. The second-order valence-corrected chi connectivity index (χ2v) is 5.38. The van der Waals surface area contributed by atoms with Gasteiger partial charge in [0, 0.05) is 19.1 Å². The molecular formula is C12H20N6O2. The lowest BCUT2D eigenvalue weighted by atomic mass is 10.1. The highest BCUT2D eigenvalue weighted by Gasteiger charge is 2.32. The molecule has 3 N–H and O–H groups in total. The molecule has 0 radical (unpaired) electrons. The average Bonchev–Trinajstić information content (AvgIpc) is 2.80. The quantitative estimate of drug-likeness (QED) is 0.474. The molecule has 1 aromatic heterocycles. The number of nitro groups is 1. The summed E-state index contributed by atoms with van der Waals surface area (Å²) in [6.45, 7) is 3.79. The molecule has 0 saturated carbocycles. The minimum atomic E-state index is -0.436. The van der Waals surface area contributed by atoms with Gasteiger partial charge in [-0.3, -0.25) is 10.1 Å². The standard InChI is InChI=1S/C12H20N6O2/c1-8-6-17(7-10(8)16(2)3)12-5-9(18(19)20)4-11(14-12)15-13/h4-5,8,10H,6-7,13H2,1-3H3,(H,14,15). The van der Waals surface area contributed by atoms with Crippen LogP contribution in [-0.4, -0.2) is 48.0 Å². The Bertz CT molecular complexity index is 507. The summed E-state index contributed by atoms with van der Waals surface area (Å²) in [6, 6.07) is 3.23. The van der Waals surface area contributed by atoms with Gasteiger partial charge in [0.15, 0.2) is 0 Å². The number of hydrogen-bond donors (Lipinski definition) is 2. The highest BCUT2D eigenvalue weighted by atomic mass is 16.6. The molecule has 2 unspecified atom stereocenters. The monoisotopic (exact) mass is 280 g/mol. The molecule has 20 heavy (non-hydrogen) atoms. The molecular weight excluding hydrogens is 260 g/mol. The minimum absolute atomic E-state index is 0.0103. The largest absolute Gasteiger partial charge is 0.354 e. The lowest BCUT2D eigenvalue weighted by molar-refractivity contribution is -0.384. The zero-order valence-corrected chi connectivity index (χ0v) is 11.9. The van der Waals surface area contributed by atoms with Crippen molar-refractivity contribution in [2.24, 2.45) is 11.8 Å². The summed E-state index contributed by atoms with van der Waals surface area (Å²) in [4.78, 5) is 19.1. The Kier molecular flexibility index (Phi) is 4.05. The summed E-state index contributed by atoms with van der Waals surface area (Å²) in [5.74, 6) is 6.69. The van der Waals surface area contributed by atoms with Crippen molar-refractivity contribution in [2.75, 3.05) is 37.5 Å². The Hall–Kier alpha value is -1.93. The van der Waals surface area contributed by atoms with E-state index in [1.807, 2.05) is 14.1 Å². The van der Waals surface area contributed by atoms with E-state index in [0.29, 0.717) is 23.6 Å². The van der Waals surface area contributed by atoms with Crippen LogP contribution in [0.15, 0.2) is 12.1 Å². The first kappa shape index (κ1) is 14.5. The summed E-state index contributed by atoms with van der Waals surface area (Å²) < 4.78 is 0. The van der Waals surface area contributed by atoms with Crippen molar-refractivity contribution >= 4 is 17.3 Å². The van der Waals surface area contributed by atoms with Gasteiger partial charge in [0.05, 0.1) is 17.1 Å². The van der Waals surface area contributed by atoms with Gasteiger partial charge in [0.2, 0.25) is 0 Å². The van der Waals surface area contributed by atoms with E-state index in [1.54, 1.807) is 0 Å². The van der Waals surface area contributed by atoms with Gasteiger partial charge >= 0.3 is 0 Å². The van der Waals surface area contributed by atoms with E-state index in [2.05, 4.69) is 27.1 Å². The molecule has 8 heteroatoms. The average molecular weight is 280 g/mol. The zero-order valence-electron chi connectivity index (χ0n) is 11.9. The van der Waals surface area contributed by atoms with E-state index in [1.165, 1.54) is 12.1 Å². The molecule has 2 heterocycles. The second kappa shape index (κ2) is 5.59. The minimum Gasteiger partial charge on any atom is -0.354 e. The fraction of sp³-hybridized carbons (Fsp3) is 0.583. The van der Waals surface area contributed by atoms with Gasteiger partial charge in [-0.15, -0.1) is 0 Å². The number of nitrogens with two attached hydrogens (primary N) is 1. The van der Waals surface area contributed by atoms with Gasteiger partial charge in [0.1, 0.15) is 11.6 Å². The van der Waals surface area contributed by atoms with Crippen molar-refractivity contribution in [2.45, 2.75) is 13.0 Å². The van der Waals surface area contributed by atoms with E-state index in [9.17, 15) is 10.1 Å². The maximum atomic E-state index is 11.0. The van der Waals surface area contributed by atoms with Crippen molar-refractivity contribution in [3.63, 3.8) is 0 Å². The number of anilines is 2. The van der Waals surface area contributed by atoms with Crippen LogP contribution in [0.2, 0.25) is 0 Å². The molecule has 2 atom stereocenters. The summed E-state index contributed by atoms with van der Waals surface area (Å²) in [5, 5.41) is 11.0. The Morgan fingerprint density at radius 2 is 2.20 bits per heavy atom. The van der Waals surface area contributed by atoms with Crippen LogP contribution in [0.25, 0.3) is 0 Å². The van der Waals surface area contributed by atoms with Gasteiger partial charge in [-0.05, 0) is 20.0 Å². The molecule has 1 aliphatic rings. The molecule has 0 amide bonds. The maximum absolute atomic E-state index is 11.0. The van der Waals surface area contributed by atoms with Crippen LogP contribution in [0, 0.1) is 16.0 Å². The predicted octanol–water partition coefficient (Wildman–Crippen LogP) is 0.662. The van der Waals surface area contributed by atoms with Crippen LogP contribution < -0.4 is 16.2 Å². The van der Waals surface area contributed by atoms with Crippen molar-refractivity contribution in [3.8, 4) is 0 Å². The molecule has 8 nitrogen and oxygen atoms in total. The van der Waals surface area contributed by atoms with E-state index >= 15 is 0 Å². The number of pyridine rings is 1. The Morgan fingerprint density at radius 1 is 1.50 bits per heavy atom. The summed E-state index contributed by atoms with van der Waals surface area (Å²) in [5.41, 5.74) is 2.37. The Balaban J connectivity index is 2.29. The number of hydrogen-bond acceptors (Lipinski definition) is 7. The smallest absolute Gasteiger partial charge is 0.276 e. The first-order chi connectivity index (χ1) is 9.42. The SMILES string of the molecule is CC1CN(c2cc([N+](=O)[O-])cc(NN)n2)CC1N(C)C. The van der Waals surface area contributed by atoms with E-state index in [-0.39, 0.29) is 5.69 Å². The fourth-order valence-electron chi connectivity index (χ4n) is 2.65. The topological polar surface area (TPSA) is 101 Å². The van der Waals surface area contributed by atoms with E-state index < -0.39 is 4.92 Å². The number of nitrogen functional groups attached to an aromatic ring is 1. The van der Waals surface area contributed by atoms with Crippen molar-refractivity contribution in [3.05, 3.63) is 22.2 Å². The lowest BCUT2D eigenvalue weighted by Crippen LogP contribution is -2.34. The van der Waals surface area contributed by atoms with Crippen LogP contribution in [0.1, 0.15) is 6.92 Å². The summed E-state index contributed by atoms with van der Waals surface area (Å²) in [6.07, 6.45) is 0. The molecule has 0 aromatic carbocycles. The van der Waals surface area contributed by atoms with Gasteiger partial charge in [-0.1, -0.05) is 6.92 Å². The summed E-state index contributed by atoms with van der Waals surface area (Å²) >= 11 is 0. The van der Waals surface area contributed by atoms with Crippen LogP contribution in [0.4, 0.5) is 17.3 Å². The van der Waals surface area contributed by atoms with Crippen LogP contribution >= 0.6 is 0 Å². The number of aromatic nitrogens is 1. The second-order valence-electron chi connectivity index (χ2n) is 5.38. The molecule has 0 aliphatic carbocycles. The normalized spacial score (nSPS) is 22.4. The van der Waals surface area contributed by atoms with Gasteiger partial charge in [-0.25, -0.2) is 10.8 Å². The third-order valence-electron chi connectivity index (χ3n) is 3.72. The van der Waals surface area contributed by atoms with Crippen LogP contribution in [-0.2, 0) is 0 Å². The molecule has 1 aromatic rings. The summed E-state index contributed by atoms with van der Waals surface area (Å²) in [7, 11) is 4.08. The van der Waals surface area contributed by atoms with Crippen LogP contribution in [0.3, 0.4) is 0 Å². The number of rotatable bonds is 4. The molecule has 1 saturated heterocycles. The van der Waals surface area contributed by atoms with Crippen LogP contribution in [0.5, 0.6) is 0 Å². The molecule has 1 fully saturated rings. The third kappa shape index (κ3) is 2.81. The Labute approximate surface area is 117 Å². The third-order valence-corrected chi connectivity index (χ3v) is 3.72. The molecule has 2 rings (SSSR count). The number of nitrogens with zero attached hydrogens (tertiary/aromatic N) is 4. The predicted molar refractivity (Wildman–Crippen MR) is 77.6 cm³/mol. The Morgan fingerprint density at radius 3 is 2.70 bits per heavy atom. The van der Waals surface area contributed by atoms with E-state index in [0.717, 1.165) is 13.1 Å². The number of hydrazine groups is 1. The fourth-order valence-corrected chi connectivity index (χ4v) is 2.65. The van der Waals surface area contributed by atoms with E-state index in [4.69, 9.17) is 5.84 Å². The number of likely N-dealkylation sites (N-methyl/N-ethyl adjacent to an activating group) is 1. The molecule has 0 spiro atoms. The zero-order chi connectivity index (χ0) is 14.9. The van der Waals surface area contributed by atoms with Gasteiger partial charge in [0.25, 0.3) is 5.69 Å². The van der Waals surface area contributed by atoms with Gasteiger partial charge in [-0.2, -0.15) is 0 Å². The lowest BCUT2D eigenvalue weighted by Gasteiger charge is -2.22. The van der Waals surface area contributed by atoms with Crippen molar-refractivity contribution < 1.29 is 4.92 Å². The highest BCUT2D eigenvalue weighted by Crippen LogP contribution is 2.28. The van der Waals surface area contributed by atoms with Gasteiger partial charge < -0.3 is 15.2 Å².